The van der Waals surface area contributed by atoms with Crippen molar-refractivity contribution in [3.8, 4) is 0 Å². The Hall–Kier alpha value is -1.89. The van der Waals surface area contributed by atoms with Crippen molar-refractivity contribution in [1.82, 2.24) is 25.1 Å². The van der Waals surface area contributed by atoms with Gasteiger partial charge >= 0.3 is 0 Å². The first kappa shape index (κ1) is 18.9. The Morgan fingerprint density at radius 3 is 2.65 bits per heavy atom. The molecule has 26 heavy (non-hydrogen) atoms. The molecular weight excluding hydrogens is 346 g/mol. The van der Waals surface area contributed by atoms with Gasteiger partial charge in [0.25, 0.3) is 0 Å². The number of thioether (sulfide) groups is 1. The number of pyridine rings is 1. The molecule has 1 aliphatic rings. The van der Waals surface area contributed by atoms with Gasteiger partial charge in [0.05, 0.1) is 5.25 Å². The zero-order chi connectivity index (χ0) is 18.7. The average Bonchev–Trinajstić information content (AvgIpc) is 3.37. The van der Waals surface area contributed by atoms with E-state index in [0.717, 1.165) is 16.5 Å². The lowest BCUT2D eigenvalue weighted by molar-refractivity contribution is -0.121. The summed E-state index contributed by atoms with van der Waals surface area (Å²) < 4.78 is 2.25. The lowest BCUT2D eigenvalue weighted by atomic mass is 10.1. The van der Waals surface area contributed by atoms with Gasteiger partial charge in [0.1, 0.15) is 5.82 Å². The van der Waals surface area contributed by atoms with Gasteiger partial charge in [-0.25, -0.2) is 0 Å². The molecule has 140 valence electrons. The van der Waals surface area contributed by atoms with Crippen LogP contribution in [0.1, 0.15) is 63.9 Å². The van der Waals surface area contributed by atoms with Crippen LogP contribution in [0.2, 0.25) is 0 Å². The van der Waals surface area contributed by atoms with Crippen molar-refractivity contribution < 1.29 is 4.79 Å². The first-order valence-corrected chi connectivity index (χ1v) is 10.1. The predicted octanol–water partition coefficient (Wildman–Crippen LogP) is 3.56. The fourth-order valence-electron chi connectivity index (χ4n) is 2.84. The zero-order valence-electron chi connectivity index (χ0n) is 15.8. The summed E-state index contributed by atoms with van der Waals surface area (Å²) in [6.45, 7) is 8.91. The van der Waals surface area contributed by atoms with E-state index in [2.05, 4.69) is 52.8 Å². The normalized spacial score (nSPS) is 15.5. The lowest BCUT2D eigenvalue weighted by Gasteiger charge is -2.20. The molecule has 2 aromatic rings. The maximum atomic E-state index is 12.8. The molecule has 1 N–H and O–H groups in total. The van der Waals surface area contributed by atoms with Crippen LogP contribution in [0.5, 0.6) is 0 Å². The highest BCUT2D eigenvalue weighted by atomic mass is 32.2. The minimum absolute atomic E-state index is 0.0327. The predicted molar refractivity (Wildman–Crippen MR) is 103 cm³/mol. The largest absolute Gasteiger partial charge is 0.351 e. The number of aromatic nitrogens is 4. The van der Waals surface area contributed by atoms with E-state index in [0.29, 0.717) is 18.5 Å². The van der Waals surface area contributed by atoms with E-state index < -0.39 is 0 Å². The zero-order valence-corrected chi connectivity index (χ0v) is 16.7. The number of carbonyl (C=O) groups excluding carboxylic acids is 1. The molecule has 0 spiro atoms. The molecule has 1 unspecified atom stereocenters. The molecular formula is C19H27N5OS. The first-order chi connectivity index (χ1) is 12.5. The molecule has 0 bridgehead atoms. The number of hydrogen-bond donors (Lipinski definition) is 1. The Kier molecular flexibility index (Phi) is 5.96. The number of hydrogen-bond acceptors (Lipinski definition) is 5. The molecule has 0 radical (unpaired) electrons. The Balaban J connectivity index is 1.71. The van der Waals surface area contributed by atoms with Crippen LogP contribution in [-0.2, 0) is 11.3 Å². The highest BCUT2D eigenvalue weighted by molar-refractivity contribution is 8.00. The molecule has 1 amide bonds. The van der Waals surface area contributed by atoms with E-state index >= 15 is 0 Å². The van der Waals surface area contributed by atoms with Gasteiger partial charge in [-0.05, 0) is 30.4 Å². The van der Waals surface area contributed by atoms with Gasteiger partial charge in [-0.15, -0.1) is 10.2 Å². The van der Waals surface area contributed by atoms with Gasteiger partial charge in [0.15, 0.2) is 5.16 Å². The van der Waals surface area contributed by atoms with Crippen LogP contribution in [0, 0.1) is 5.92 Å². The second-order valence-electron chi connectivity index (χ2n) is 7.46. The fourth-order valence-corrected chi connectivity index (χ4v) is 3.97. The van der Waals surface area contributed by atoms with Gasteiger partial charge in [0.2, 0.25) is 5.91 Å². The van der Waals surface area contributed by atoms with Crippen molar-refractivity contribution in [3.63, 3.8) is 0 Å². The number of nitrogens with one attached hydrogen (secondary N) is 1. The van der Waals surface area contributed by atoms with Crippen LogP contribution in [0.4, 0.5) is 0 Å². The van der Waals surface area contributed by atoms with Crippen molar-refractivity contribution in [2.24, 2.45) is 5.92 Å². The Labute approximate surface area is 159 Å². The summed E-state index contributed by atoms with van der Waals surface area (Å²) in [6, 6.07) is 4.33. The number of rotatable bonds is 8. The molecule has 3 rings (SSSR count). The minimum atomic E-state index is -0.201. The molecule has 2 aromatic heterocycles. The molecule has 7 heteroatoms. The van der Waals surface area contributed by atoms with E-state index in [1.165, 1.54) is 24.6 Å². The summed E-state index contributed by atoms with van der Waals surface area (Å²) >= 11 is 1.53. The summed E-state index contributed by atoms with van der Waals surface area (Å²) in [4.78, 5) is 16.9. The molecule has 0 aromatic carbocycles. The third-order valence-corrected chi connectivity index (χ3v) is 5.91. The van der Waals surface area contributed by atoms with E-state index in [1.807, 2.05) is 12.1 Å². The lowest BCUT2D eigenvalue weighted by Crippen LogP contribution is -2.35. The second-order valence-corrected chi connectivity index (χ2v) is 8.57. The monoisotopic (exact) mass is 373 g/mol. The van der Waals surface area contributed by atoms with Gasteiger partial charge in [-0.2, -0.15) is 0 Å². The molecule has 0 aliphatic heterocycles. The van der Waals surface area contributed by atoms with Gasteiger partial charge in [-0.3, -0.25) is 9.78 Å². The van der Waals surface area contributed by atoms with Crippen LogP contribution in [0.3, 0.4) is 0 Å². The van der Waals surface area contributed by atoms with E-state index in [1.54, 1.807) is 12.4 Å². The summed E-state index contributed by atoms with van der Waals surface area (Å²) in [6.07, 6.45) is 5.85. The molecule has 2 heterocycles. The molecule has 6 nitrogen and oxygen atoms in total. The molecule has 1 aliphatic carbocycles. The smallest absolute Gasteiger partial charge is 0.234 e. The van der Waals surface area contributed by atoms with Crippen LogP contribution >= 0.6 is 11.8 Å². The second kappa shape index (κ2) is 8.20. The quantitative estimate of drug-likeness (QED) is 0.716. The van der Waals surface area contributed by atoms with Crippen LogP contribution in [-0.4, -0.2) is 30.9 Å². The Morgan fingerprint density at radius 2 is 2.08 bits per heavy atom. The van der Waals surface area contributed by atoms with E-state index in [-0.39, 0.29) is 17.1 Å². The third kappa shape index (κ3) is 4.44. The van der Waals surface area contributed by atoms with Crippen LogP contribution in [0.25, 0.3) is 0 Å². The number of nitrogens with zero attached hydrogens (tertiary/aromatic N) is 4. The summed E-state index contributed by atoms with van der Waals surface area (Å²) in [5, 5.41) is 12.5. The number of amides is 1. The maximum absolute atomic E-state index is 12.8. The van der Waals surface area contributed by atoms with Gasteiger partial charge < -0.3 is 9.88 Å². The topological polar surface area (TPSA) is 72.7 Å². The van der Waals surface area contributed by atoms with Crippen LogP contribution in [0.15, 0.2) is 29.7 Å². The van der Waals surface area contributed by atoms with Gasteiger partial charge in [0, 0.05) is 30.9 Å². The van der Waals surface area contributed by atoms with Crippen molar-refractivity contribution in [1.29, 1.82) is 0 Å². The van der Waals surface area contributed by atoms with E-state index in [4.69, 9.17) is 0 Å². The summed E-state index contributed by atoms with van der Waals surface area (Å²) in [5.41, 5.74) is 0.997. The van der Waals surface area contributed by atoms with Crippen molar-refractivity contribution in [3.05, 3.63) is 35.9 Å². The Bertz CT molecular complexity index is 740. The van der Waals surface area contributed by atoms with Crippen molar-refractivity contribution >= 4 is 17.7 Å². The maximum Gasteiger partial charge on any atom is 0.234 e. The highest BCUT2D eigenvalue weighted by Gasteiger charge is 2.33. The highest BCUT2D eigenvalue weighted by Crippen LogP contribution is 2.41. The fraction of sp³-hybridized carbons (Fsp3) is 0.579. The number of carbonyl (C=O) groups is 1. The van der Waals surface area contributed by atoms with Crippen molar-refractivity contribution in [2.75, 3.05) is 0 Å². The molecule has 1 fully saturated rings. The van der Waals surface area contributed by atoms with E-state index in [9.17, 15) is 4.79 Å². The van der Waals surface area contributed by atoms with Gasteiger partial charge in [-0.1, -0.05) is 45.5 Å². The SMILES string of the molecule is CC(C)c1nnc(SC(C(=O)NCc2cccnc2)C(C)C)n1C1CC1. The minimum Gasteiger partial charge on any atom is -0.351 e. The molecule has 1 saturated carbocycles. The average molecular weight is 374 g/mol. The molecule has 1 atom stereocenters. The standard InChI is InChI=1S/C19H27N5OS/c1-12(2)16(18(25)21-11-14-6-5-9-20-10-14)26-19-23-22-17(13(3)4)24(19)15-7-8-15/h5-6,9-10,12-13,15-16H,7-8,11H2,1-4H3,(H,21,25). The Morgan fingerprint density at radius 1 is 1.31 bits per heavy atom. The summed E-state index contributed by atoms with van der Waals surface area (Å²) in [5.74, 6) is 1.58. The van der Waals surface area contributed by atoms with Crippen molar-refractivity contribution in [2.45, 2.75) is 69.4 Å². The van der Waals surface area contributed by atoms with Crippen LogP contribution < -0.4 is 5.32 Å². The first-order valence-electron chi connectivity index (χ1n) is 9.25. The third-order valence-electron chi connectivity index (χ3n) is 4.41. The summed E-state index contributed by atoms with van der Waals surface area (Å²) in [7, 11) is 0. The molecule has 0 saturated heterocycles.